The number of carbonyl (C=O) groups is 1. The van der Waals surface area contributed by atoms with Gasteiger partial charge in [-0.25, -0.2) is 0 Å². The van der Waals surface area contributed by atoms with E-state index < -0.39 is 0 Å². The highest BCUT2D eigenvalue weighted by Gasteiger charge is 2.12. The Labute approximate surface area is 140 Å². The first-order valence-corrected chi connectivity index (χ1v) is 8.58. The number of rotatable bonds is 5. The molecule has 1 aromatic carbocycles. The van der Waals surface area contributed by atoms with Crippen molar-refractivity contribution in [2.24, 2.45) is 0 Å². The minimum atomic E-state index is 0.124. The molecule has 0 spiro atoms. The van der Waals surface area contributed by atoms with Gasteiger partial charge >= 0.3 is 0 Å². The summed E-state index contributed by atoms with van der Waals surface area (Å²) in [5, 5.41) is 0. The predicted molar refractivity (Wildman–Crippen MR) is 96.1 cm³/mol. The summed E-state index contributed by atoms with van der Waals surface area (Å²) in [4.78, 5) is 18.5. The van der Waals surface area contributed by atoms with Crippen molar-refractivity contribution in [1.29, 1.82) is 0 Å². The monoisotopic (exact) mass is 321 g/mol. The van der Waals surface area contributed by atoms with Gasteiger partial charge in [-0.2, -0.15) is 0 Å². The van der Waals surface area contributed by atoms with Crippen molar-refractivity contribution in [3.05, 3.63) is 76.9 Å². The second-order valence-electron chi connectivity index (χ2n) is 5.86. The van der Waals surface area contributed by atoms with Crippen LogP contribution >= 0.6 is 11.3 Å². The summed E-state index contributed by atoms with van der Waals surface area (Å²) >= 11 is 1.55. The van der Waals surface area contributed by atoms with E-state index in [4.69, 9.17) is 0 Å². The van der Waals surface area contributed by atoms with Crippen LogP contribution < -0.4 is 0 Å². The Morgan fingerprint density at radius 1 is 1.04 bits per heavy atom. The van der Waals surface area contributed by atoms with Gasteiger partial charge in [-0.05, 0) is 41.3 Å². The van der Waals surface area contributed by atoms with Gasteiger partial charge in [0.2, 0.25) is 0 Å². The predicted octanol–water partition coefficient (Wildman–Crippen LogP) is 5.36. The first-order valence-electron chi connectivity index (χ1n) is 7.77. The Hall–Kier alpha value is -2.26. The number of ketones is 1. The highest BCUT2D eigenvalue weighted by molar-refractivity contribution is 7.17. The van der Waals surface area contributed by atoms with Crippen LogP contribution in [0.2, 0.25) is 0 Å². The Morgan fingerprint density at radius 3 is 2.48 bits per heavy atom. The SMILES string of the molecule is CC(C)c1ccc(-c2ccc(C(=O)Cc3ccccn3)s2)cc1. The summed E-state index contributed by atoms with van der Waals surface area (Å²) in [6, 6.07) is 18.2. The molecule has 3 aromatic rings. The van der Waals surface area contributed by atoms with Crippen molar-refractivity contribution in [1.82, 2.24) is 4.98 Å². The maximum absolute atomic E-state index is 12.4. The third-order valence-electron chi connectivity index (χ3n) is 3.81. The number of pyridine rings is 1. The average Bonchev–Trinajstić information content (AvgIpc) is 3.06. The van der Waals surface area contributed by atoms with E-state index in [1.54, 1.807) is 17.5 Å². The molecule has 2 heterocycles. The summed E-state index contributed by atoms with van der Waals surface area (Å²) in [6.45, 7) is 4.38. The lowest BCUT2D eigenvalue weighted by Crippen LogP contribution is -2.02. The number of hydrogen-bond acceptors (Lipinski definition) is 3. The molecule has 0 atom stereocenters. The van der Waals surface area contributed by atoms with E-state index in [1.165, 1.54) is 5.56 Å². The van der Waals surface area contributed by atoms with E-state index in [0.29, 0.717) is 12.3 Å². The van der Waals surface area contributed by atoms with Crippen molar-refractivity contribution in [3.8, 4) is 10.4 Å². The zero-order chi connectivity index (χ0) is 16.2. The Kier molecular flexibility index (Phi) is 4.68. The molecule has 0 aliphatic rings. The lowest BCUT2D eigenvalue weighted by Gasteiger charge is -2.05. The maximum Gasteiger partial charge on any atom is 0.178 e. The van der Waals surface area contributed by atoms with Crippen LogP contribution in [0, 0.1) is 0 Å². The van der Waals surface area contributed by atoms with Crippen molar-refractivity contribution in [2.45, 2.75) is 26.2 Å². The molecule has 2 aromatic heterocycles. The van der Waals surface area contributed by atoms with Crippen LogP contribution in [0.25, 0.3) is 10.4 Å². The second-order valence-corrected chi connectivity index (χ2v) is 6.95. The number of hydrogen-bond donors (Lipinski definition) is 0. The molecular formula is C20H19NOS. The smallest absolute Gasteiger partial charge is 0.178 e. The molecule has 0 fully saturated rings. The molecule has 3 heteroatoms. The third-order valence-corrected chi connectivity index (χ3v) is 4.99. The Bertz CT molecular complexity index is 788. The zero-order valence-electron chi connectivity index (χ0n) is 13.3. The quantitative estimate of drug-likeness (QED) is 0.592. The zero-order valence-corrected chi connectivity index (χ0v) is 14.1. The van der Waals surface area contributed by atoms with Gasteiger partial charge < -0.3 is 0 Å². The van der Waals surface area contributed by atoms with Crippen LogP contribution in [0.5, 0.6) is 0 Å². The summed E-state index contributed by atoms with van der Waals surface area (Å²) in [7, 11) is 0. The van der Waals surface area contributed by atoms with Crippen molar-refractivity contribution < 1.29 is 4.79 Å². The van der Waals surface area contributed by atoms with E-state index in [-0.39, 0.29) is 5.78 Å². The lowest BCUT2D eigenvalue weighted by atomic mass is 10.0. The average molecular weight is 321 g/mol. The molecule has 0 radical (unpaired) electrons. The van der Waals surface area contributed by atoms with E-state index in [1.807, 2.05) is 30.3 Å². The molecule has 0 aliphatic heterocycles. The van der Waals surface area contributed by atoms with Gasteiger partial charge in [-0.1, -0.05) is 44.2 Å². The topological polar surface area (TPSA) is 30.0 Å². The van der Waals surface area contributed by atoms with Gasteiger partial charge in [-0.15, -0.1) is 11.3 Å². The van der Waals surface area contributed by atoms with Gasteiger partial charge in [0.15, 0.2) is 5.78 Å². The normalized spacial score (nSPS) is 10.9. The highest BCUT2D eigenvalue weighted by atomic mass is 32.1. The first-order chi connectivity index (χ1) is 11.1. The van der Waals surface area contributed by atoms with Gasteiger partial charge in [0.05, 0.1) is 11.3 Å². The molecule has 116 valence electrons. The summed E-state index contributed by atoms with van der Waals surface area (Å²) in [5.74, 6) is 0.654. The number of Topliss-reactive ketones (excluding diaryl/α,β-unsaturated/α-hetero) is 1. The standard InChI is InChI=1S/C20H19NOS/c1-14(2)15-6-8-16(9-7-15)19-10-11-20(23-19)18(22)13-17-5-3-4-12-21-17/h3-12,14H,13H2,1-2H3. The summed E-state index contributed by atoms with van der Waals surface area (Å²) in [6.07, 6.45) is 2.08. The summed E-state index contributed by atoms with van der Waals surface area (Å²) < 4.78 is 0. The van der Waals surface area contributed by atoms with Gasteiger partial charge in [0, 0.05) is 16.8 Å². The van der Waals surface area contributed by atoms with Crippen molar-refractivity contribution in [3.63, 3.8) is 0 Å². The highest BCUT2D eigenvalue weighted by Crippen LogP contribution is 2.30. The second kappa shape index (κ2) is 6.88. The fourth-order valence-corrected chi connectivity index (χ4v) is 3.38. The van der Waals surface area contributed by atoms with Crippen LogP contribution in [-0.2, 0) is 6.42 Å². The van der Waals surface area contributed by atoms with Gasteiger partial charge in [0.25, 0.3) is 0 Å². The molecule has 0 aliphatic carbocycles. The molecule has 0 unspecified atom stereocenters. The van der Waals surface area contributed by atoms with Crippen LogP contribution in [-0.4, -0.2) is 10.8 Å². The molecule has 2 nitrogen and oxygen atoms in total. The van der Waals surface area contributed by atoms with Crippen LogP contribution in [0.4, 0.5) is 0 Å². The molecule has 0 bridgehead atoms. The fourth-order valence-electron chi connectivity index (χ4n) is 2.43. The largest absolute Gasteiger partial charge is 0.293 e. The molecular weight excluding hydrogens is 302 g/mol. The number of thiophene rings is 1. The molecule has 0 saturated heterocycles. The molecule has 3 rings (SSSR count). The van der Waals surface area contributed by atoms with Crippen molar-refractivity contribution in [2.75, 3.05) is 0 Å². The number of aromatic nitrogens is 1. The summed E-state index contributed by atoms with van der Waals surface area (Å²) in [5.41, 5.74) is 3.31. The molecule has 0 saturated carbocycles. The van der Waals surface area contributed by atoms with E-state index in [2.05, 4.69) is 43.1 Å². The van der Waals surface area contributed by atoms with Crippen LogP contribution in [0.3, 0.4) is 0 Å². The number of carbonyl (C=O) groups excluding carboxylic acids is 1. The van der Waals surface area contributed by atoms with Crippen LogP contribution in [0.1, 0.15) is 40.7 Å². The number of benzene rings is 1. The van der Waals surface area contributed by atoms with Crippen molar-refractivity contribution >= 4 is 17.1 Å². The lowest BCUT2D eigenvalue weighted by molar-refractivity contribution is 0.0996. The van der Waals surface area contributed by atoms with Gasteiger partial charge in [0.1, 0.15) is 0 Å². The molecule has 0 amide bonds. The molecule has 23 heavy (non-hydrogen) atoms. The number of nitrogens with zero attached hydrogens (tertiary/aromatic N) is 1. The fraction of sp³-hybridized carbons (Fsp3) is 0.200. The van der Waals surface area contributed by atoms with Gasteiger partial charge in [-0.3, -0.25) is 9.78 Å². The molecule has 0 N–H and O–H groups in total. The van der Waals surface area contributed by atoms with E-state index in [9.17, 15) is 4.79 Å². The minimum absolute atomic E-state index is 0.124. The third kappa shape index (κ3) is 3.74. The Morgan fingerprint density at radius 2 is 1.83 bits per heavy atom. The van der Waals surface area contributed by atoms with Crippen LogP contribution in [0.15, 0.2) is 60.8 Å². The maximum atomic E-state index is 12.4. The minimum Gasteiger partial charge on any atom is -0.293 e. The van der Waals surface area contributed by atoms with E-state index >= 15 is 0 Å². The first kappa shape index (κ1) is 15.6. The van der Waals surface area contributed by atoms with E-state index in [0.717, 1.165) is 21.0 Å². The Balaban J connectivity index is 1.76.